The fraction of sp³-hybridized carbons (Fsp3) is 0.462. The van der Waals surface area contributed by atoms with Crippen LogP contribution in [0.5, 0.6) is 0 Å². The van der Waals surface area contributed by atoms with Crippen LogP contribution in [0.25, 0.3) is 0 Å². The van der Waals surface area contributed by atoms with Crippen LogP contribution in [-0.2, 0) is 4.74 Å². The molecule has 17 heavy (non-hydrogen) atoms. The van der Waals surface area contributed by atoms with Gasteiger partial charge in [0.05, 0.1) is 19.2 Å². The van der Waals surface area contributed by atoms with Crippen molar-refractivity contribution in [2.24, 2.45) is 0 Å². The number of aliphatic hydroxyl groups is 1. The summed E-state index contributed by atoms with van der Waals surface area (Å²) in [4.78, 5) is 12.8. The molecule has 1 aromatic rings. The Bertz CT molecular complexity index is 431. The second kappa shape index (κ2) is 4.75. The minimum atomic E-state index is -0.652. The van der Waals surface area contributed by atoms with Crippen molar-refractivity contribution in [1.29, 1.82) is 0 Å². The van der Waals surface area contributed by atoms with Crippen LogP contribution in [0.1, 0.15) is 22.8 Å². The van der Waals surface area contributed by atoms with E-state index in [9.17, 15) is 9.90 Å². The van der Waals surface area contributed by atoms with Gasteiger partial charge < -0.3 is 14.7 Å². The summed E-state index contributed by atoms with van der Waals surface area (Å²) in [6, 6.07) is 5.91. The molecule has 1 saturated heterocycles. The zero-order valence-corrected chi connectivity index (χ0v) is 10.1. The van der Waals surface area contributed by atoms with E-state index in [-0.39, 0.29) is 6.09 Å². The number of amides is 1. The van der Waals surface area contributed by atoms with E-state index in [2.05, 4.69) is 0 Å². The van der Waals surface area contributed by atoms with Crippen molar-refractivity contribution in [3.63, 3.8) is 0 Å². The summed E-state index contributed by atoms with van der Waals surface area (Å²) in [5.41, 5.74) is 3.08. The van der Waals surface area contributed by atoms with Gasteiger partial charge in [-0.3, -0.25) is 0 Å². The van der Waals surface area contributed by atoms with Gasteiger partial charge in [-0.25, -0.2) is 4.79 Å². The van der Waals surface area contributed by atoms with Crippen LogP contribution in [0.4, 0.5) is 4.79 Å². The molecule has 0 aliphatic carbocycles. The molecular formula is C13H17NO3. The molecule has 4 heteroatoms. The van der Waals surface area contributed by atoms with E-state index in [1.807, 2.05) is 32.0 Å². The number of hydrogen-bond donors (Lipinski definition) is 1. The maximum absolute atomic E-state index is 11.3. The van der Waals surface area contributed by atoms with Gasteiger partial charge >= 0.3 is 6.09 Å². The van der Waals surface area contributed by atoms with Gasteiger partial charge in [0.1, 0.15) is 6.61 Å². The largest absolute Gasteiger partial charge is 0.448 e. The van der Waals surface area contributed by atoms with Crippen LogP contribution in [0.2, 0.25) is 0 Å². The number of carbonyl (C=O) groups excluding carboxylic acids is 1. The third kappa shape index (κ3) is 2.58. The molecule has 2 rings (SSSR count). The minimum Gasteiger partial charge on any atom is -0.448 e. The predicted octanol–water partition coefficient (Wildman–Crippen LogP) is 1.79. The molecule has 0 bridgehead atoms. The Morgan fingerprint density at radius 2 is 2.24 bits per heavy atom. The van der Waals surface area contributed by atoms with Crippen molar-refractivity contribution in [3.8, 4) is 0 Å². The van der Waals surface area contributed by atoms with E-state index in [4.69, 9.17) is 4.74 Å². The van der Waals surface area contributed by atoms with Gasteiger partial charge in [-0.2, -0.15) is 0 Å². The van der Waals surface area contributed by atoms with E-state index >= 15 is 0 Å². The number of nitrogens with zero attached hydrogens (tertiary/aromatic N) is 1. The average molecular weight is 235 g/mol. The second-order valence-corrected chi connectivity index (χ2v) is 4.44. The average Bonchev–Trinajstić information content (AvgIpc) is 2.64. The van der Waals surface area contributed by atoms with Crippen LogP contribution in [0.15, 0.2) is 18.2 Å². The fourth-order valence-electron chi connectivity index (χ4n) is 2.10. The fourth-order valence-corrected chi connectivity index (χ4v) is 2.10. The van der Waals surface area contributed by atoms with Gasteiger partial charge in [-0.1, -0.05) is 23.8 Å². The summed E-state index contributed by atoms with van der Waals surface area (Å²) in [6.07, 6.45) is -0.991. The first-order valence-corrected chi connectivity index (χ1v) is 5.75. The monoisotopic (exact) mass is 235 g/mol. The molecule has 1 aliphatic heterocycles. The van der Waals surface area contributed by atoms with Crippen LogP contribution in [-0.4, -0.2) is 35.8 Å². The highest BCUT2D eigenvalue weighted by Gasteiger charge is 2.25. The van der Waals surface area contributed by atoms with Gasteiger partial charge in [0.2, 0.25) is 0 Å². The lowest BCUT2D eigenvalue weighted by molar-refractivity contribution is 0.118. The molecule has 1 aliphatic rings. The number of aliphatic hydroxyl groups excluding tert-OH is 1. The van der Waals surface area contributed by atoms with Crippen LogP contribution < -0.4 is 0 Å². The molecule has 1 aromatic carbocycles. The molecule has 1 atom stereocenters. The highest BCUT2D eigenvalue weighted by molar-refractivity contribution is 5.69. The Labute approximate surface area is 101 Å². The third-order valence-corrected chi connectivity index (χ3v) is 3.02. The van der Waals surface area contributed by atoms with Crippen molar-refractivity contribution < 1.29 is 14.6 Å². The smallest absolute Gasteiger partial charge is 0.410 e. The summed E-state index contributed by atoms with van der Waals surface area (Å²) in [5, 5.41) is 10.1. The maximum Gasteiger partial charge on any atom is 0.410 e. The van der Waals surface area contributed by atoms with Crippen molar-refractivity contribution in [1.82, 2.24) is 4.90 Å². The Kier molecular flexibility index (Phi) is 3.33. The van der Waals surface area contributed by atoms with Gasteiger partial charge in [-0.05, 0) is 25.0 Å². The summed E-state index contributed by atoms with van der Waals surface area (Å²) in [6.45, 7) is 5.25. The number of carbonyl (C=O) groups is 1. The molecule has 92 valence electrons. The Balaban J connectivity index is 2.08. The number of benzene rings is 1. The standard InChI is InChI=1S/C13H17NO3/c1-9-3-4-11(10(2)7-9)12(15)8-14-5-6-17-13(14)16/h3-4,7,12,15H,5-6,8H2,1-2H3. The minimum absolute atomic E-state index is 0.294. The lowest BCUT2D eigenvalue weighted by Crippen LogP contribution is -2.29. The molecule has 4 nitrogen and oxygen atoms in total. The lowest BCUT2D eigenvalue weighted by Gasteiger charge is -2.19. The molecule has 0 aromatic heterocycles. The molecular weight excluding hydrogens is 218 g/mol. The molecule has 0 radical (unpaired) electrons. The summed E-state index contributed by atoms with van der Waals surface area (Å²) < 4.78 is 4.83. The lowest BCUT2D eigenvalue weighted by atomic mass is 10.0. The number of β-amino-alcohol motifs (C(OH)–C–C–N with tert-alkyl or cyclic N) is 1. The number of hydrogen-bond acceptors (Lipinski definition) is 3. The first kappa shape index (κ1) is 11.9. The first-order chi connectivity index (χ1) is 8.08. The Morgan fingerprint density at radius 1 is 1.47 bits per heavy atom. The Hall–Kier alpha value is -1.55. The van der Waals surface area contributed by atoms with Gasteiger partial charge in [0.25, 0.3) is 0 Å². The van der Waals surface area contributed by atoms with Crippen LogP contribution >= 0.6 is 0 Å². The molecule has 1 amide bonds. The van der Waals surface area contributed by atoms with E-state index in [1.165, 1.54) is 10.5 Å². The second-order valence-electron chi connectivity index (χ2n) is 4.44. The first-order valence-electron chi connectivity index (χ1n) is 5.75. The van der Waals surface area contributed by atoms with Gasteiger partial charge in [-0.15, -0.1) is 0 Å². The summed E-state index contributed by atoms with van der Waals surface area (Å²) in [7, 11) is 0. The van der Waals surface area contributed by atoms with Crippen molar-refractivity contribution in [2.75, 3.05) is 19.7 Å². The molecule has 0 spiro atoms. The van der Waals surface area contributed by atoms with Crippen LogP contribution in [0, 0.1) is 13.8 Å². The number of rotatable bonds is 3. The van der Waals surface area contributed by atoms with Crippen molar-refractivity contribution in [2.45, 2.75) is 20.0 Å². The number of aryl methyl sites for hydroxylation is 2. The number of ether oxygens (including phenoxy) is 1. The zero-order chi connectivity index (χ0) is 12.4. The highest BCUT2D eigenvalue weighted by atomic mass is 16.6. The molecule has 1 unspecified atom stereocenters. The van der Waals surface area contributed by atoms with Gasteiger partial charge in [0, 0.05) is 0 Å². The normalized spacial score (nSPS) is 17.1. The summed E-state index contributed by atoms with van der Waals surface area (Å²) >= 11 is 0. The van der Waals surface area contributed by atoms with E-state index in [1.54, 1.807) is 0 Å². The molecule has 0 saturated carbocycles. The van der Waals surface area contributed by atoms with E-state index in [0.717, 1.165) is 11.1 Å². The predicted molar refractivity (Wildman–Crippen MR) is 63.8 cm³/mol. The molecule has 1 heterocycles. The SMILES string of the molecule is Cc1ccc(C(O)CN2CCOC2=O)c(C)c1. The third-order valence-electron chi connectivity index (χ3n) is 3.02. The van der Waals surface area contributed by atoms with Crippen molar-refractivity contribution >= 4 is 6.09 Å². The Morgan fingerprint density at radius 3 is 2.82 bits per heavy atom. The highest BCUT2D eigenvalue weighted by Crippen LogP contribution is 2.21. The number of cyclic esters (lactones) is 1. The van der Waals surface area contributed by atoms with E-state index in [0.29, 0.717) is 19.7 Å². The van der Waals surface area contributed by atoms with Crippen molar-refractivity contribution in [3.05, 3.63) is 34.9 Å². The molecule has 1 fully saturated rings. The van der Waals surface area contributed by atoms with Gasteiger partial charge in [0.15, 0.2) is 0 Å². The topological polar surface area (TPSA) is 49.8 Å². The zero-order valence-electron chi connectivity index (χ0n) is 10.1. The quantitative estimate of drug-likeness (QED) is 0.869. The van der Waals surface area contributed by atoms with Crippen LogP contribution in [0.3, 0.4) is 0 Å². The van der Waals surface area contributed by atoms with E-state index < -0.39 is 6.10 Å². The molecule has 1 N–H and O–H groups in total. The summed E-state index contributed by atoms with van der Waals surface area (Å²) in [5.74, 6) is 0. The maximum atomic E-state index is 11.3.